The maximum Gasteiger partial charge on any atom is 0.426 e. The molecule has 1 saturated heterocycles. The lowest BCUT2D eigenvalue weighted by atomic mass is 9.82. The van der Waals surface area contributed by atoms with Crippen LogP contribution in [0.4, 0.5) is 13.2 Å². The molecule has 0 amide bonds. The van der Waals surface area contributed by atoms with Crippen molar-refractivity contribution >= 4 is 16.1 Å². The van der Waals surface area contributed by atoms with Crippen molar-refractivity contribution in [3.63, 3.8) is 0 Å². The van der Waals surface area contributed by atoms with Crippen LogP contribution in [0.3, 0.4) is 0 Å². The fourth-order valence-electron chi connectivity index (χ4n) is 2.72. The van der Waals surface area contributed by atoms with Gasteiger partial charge in [0.15, 0.2) is 0 Å². The van der Waals surface area contributed by atoms with Crippen LogP contribution in [0.15, 0.2) is 0 Å². The SMILES string of the molecule is O=C(OC(CS(=O)(=O)O)C(F)(F)F)C1CCC(COCC2CO2)CC1. The van der Waals surface area contributed by atoms with Crippen molar-refractivity contribution in [2.75, 3.05) is 25.6 Å². The molecule has 7 nitrogen and oxygen atoms in total. The second-order valence-corrected chi connectivity index (χ2v) is 7.92. The Kier molecular flexibility index (Phi) is 6.68. The van der Waals surface area contributed by atoms with E-state index < -0.39 is 40.0 Å². The number of carbonyl (C=O) groups excluding carboxylic acids is 1. The van der Waals surface area contributed by atoms with Crippen molar-refractivity contribution in [2.24, 2.45) is 11.8 Å². The number of epoxide rings is 1. The van der Waals surface area contributed by atoms with Gasteiger partial charge in [-0.15, -0.1) is 0 Å². The van der Waals surface area contributed by atoms with Crippen molar-refractivity contribution in [3.8, 4) is 0 Å². The quantitative estimate of drug-likeness (QED) is 0.381. The molecule has 0 radical (unpaired) electrons. The third kappa shape index (κ3) is 7.47. The zero-order chi connectivity index (χ0) is 18.7. The Morgan fingerprint density at radius 3 is 2.28 bits per heavy atom. The molecule has 1 aliphatic heterocycles. The summed E-state index contributed by atoms with van der Waals surface area (Å²) < 4.78 is 83.1. The third-order valence-electron chi connectivity index (χ3n) is 4.23. The summed E-state index contributed by atoms with van der Waals surface area (Å²) >= 11 is 0. The van der Waals surface area contributed by atoms with E-state index in [0.717, 1.165) is 0 Å². The predicted molar refractivity (Wildman–Crippen MR) is 78.4 cm³/mol. The lowest BCUT2D eigenvalue weighted by molar-refractivity contribution is -0.218. The van der Waals surface area contributed by atoms with Crippen LogP contribution in [0.1, 0.15) is 25.7 Å². The fourth-order valence-corrected chi connectivity index (χ4v) is 3.36. The Morgan fingerprint density at radius 2 is 1.80 bits per heavy atom. The lowest BCUT2D eigenvalue weighted by Crippen LogP contribution is -2.41. The van der Waals surface area contributed by atoms with Gasteiger partial charge < -0.3 is 14.2 Å². The summed E-state index contributed by atoms with van der Waals surface area (Å²) in [5, 5.41) is 0. The first-order valence-electron chi connectivity index (χ1n) is 7.96. The van der Waals surface area contributed by atoms with Crippen LogP contribution in [-0.4, -0.2) is 62.9 Å². The van der Waals surface area contributed by atoms with E-state index in [-0.39, 0.29) is 12.0 Å². The van der Waals surface area contributed by atoms with Gasteiger partial charge in [0.05, 0.1) is 19.1 Å². The van der Waals surface area contributed by atoms with Gasteiger partial charge in [0.2, 0.25) is 6.10 Å². The van der Waals surface area contributed by atoms with Crippen LogP contribution in [-0.2, 0) is 29.1 Å². The molecule has 0 aromatic carbocycles. The second-order valence-electron chi connectivity index (χ2n) is 6.43. The molecule has 1 aliphatic carbocycles. The van der Waals surface area contributed by atoms with E-state index in [0.29, 0.717) is 45.5 Å². The Bertz CT molecular complexity index is 551. The molecule has 25 heavy (non-hydrogen) atoms. The third-order valence-corrected chi connectivity index (χ3v) is 4.95. The Labute approximate surface area is 143 Å². The van der Waals surface area contributed by atoms with Crippen molar-refractivity contribution in [2.45, 2.75) is 44.1 Å². The monoisotopic (exact) mass is 390 g/mol. The first-order valence-corrected chi connectivity index (χ1v) is 9.57. The van der Waals surface area contributed by atoms with E-state index in [1.807, 2.05) is 0 Å². The molecule has 1 N–H and O–H groups in total. The molecule has 2 unspecified atom stereocenters. The second kappa shape index (κ2) is 8.19. The van der Waals surface area contributed by atoms with E-state index in [1.54, 1.807) is 0 Å². The van der Waals surface area contributed by atoms with E-state index in [4.69, 9.17) is 14.0 Å². The summed E-state index contributed by atoms with van der Waals surface area (Å²) in [6, 6.07) is 0. The standard InChI is InChI=1S/C14H21F3O7S/c15-14(16,17)12(8-25(19,20)21)24-13(18)10-3-1-9(2-4-10)5-22-6-11-7-23-11/h9-12H,1-8H2,(H,19,20,21). The van der Waals surface area contributed by atoms with Crippen molar-refractivity contribution in [1.29, 1.82) is 0 Å². The number of esters is 1. The van der Waals surface area contributed by atoms with Crippen LogP contribution < -0.4 is 0 Å². The molecule has 11 heteroatoms. The summed E-state index contributed by atoms with van der Waals surface area (Å²) in [5.74, 6) is -3.28. The summed E-state index contributed by atoms with van der Waals surface area (Å²) in [6.07, 6.45) is -5.85. The largest absolute Gasteiger partial charge is 0.451 e. The van der Waals surface area contributed by atoms with Crippen LogP contribution >= 0.6 is 0 Å². The van der Waals surface area contributed by atoms with Crippen molar-refractivity contribution in [3.05, 3.63) is 0 Å². The zero-order valence-electron chi connectivity index (χ0n) is 13.4. The van der Waals surface area contributed by atoms with Gasteiger partial charge in [0.1, 0.15) is 11.9 Å². The van der Waals surface area contributed by atoms with E-state index in [2.05, 4.69) is 4.74 Å². The first-order chi connectivity index (χ1) is 11.5. The number of hydrogen-bond acceptors (Lipinski definition) is 6. The molecule has 0 aromatic heterocycles. The maximum absolute atomic E-state index is 12.8. The van der Waals surface area contributed by atoms with Gasteiger partial charge in [-0.2, -0.15) is 21.6 Å². The predicted octanol–water partition coefficient (Wildman–Crippen LogP) is 1.57. The highest BCUT2D eigenvalue weighted by molar-refractivity contribution is 7.85. The molecule has 146 valence electrons. The van der Waals surface area contributed by atoms with Crippen molar-refractivity contribution < 1.29 is 45.1 Å². The summed E-state index contributed by atoms with van der Waals surface area (Å²) in [6.45, 7) is 1.73. The number of alkyl halides is 3. The maximum atomic E-state index is 12.8. The minimum Gasteiger partial charge on any atom is -0.451 e. The van der Waals surface area contributed by atoms with Crippen LogP contribution in [0.25, 0.3) is 0 Å². The van der Waals surface area contributed by atoms with Gasteiger partial charge in [-0.3, -0.25) is 9.35 Å². The fraction of sp³-hybridized carbons (Fsp3) is 0.929. The molecule has 0 aromatic rings. The number of ether oxygens (including phenoxy) is 3. The van der Waals surface area contributed by atoms with E-state index in [9.17, 15) is 26.4 Å². The molecule has 1 heterocycles. The Morgan fingerprint density at radius 1 is 1.20 bits per heavy atom. The van der Waals surface area contributed by atoms with Crippen LogP contribution in [0.2, 0.25) is 0 Å². The first kappa shape index (κ1) is 20.4. The molecular formula is C14H21F3O7S. The lowest BCUT2D eigenvalue weighted by Gasteiger charge is -2.28. The van der Waals surface area contributed by atoms with Gasteiger partial charge in [0.25, 0.3) is 10.1 Å². The zero-order valence-corrected chi connectivity index (χ0v) is 14.2. The number of rotatable bonds is 8. The average molecular weight is 390 g/mol. The minimum absolute atomic E-state index is 0.161. The molecule has 1 saturated carbocycles. The molecule has 2 fully saturated rings. The Balaban J connectivity index is 1.77. The van der Waals surface area contributed by atoms with Gasteiger partial charge in [-0.05, 0) is 31.6 Å². The normalized spacial score (nSPS) is 28.4. The molecule has 0 bridgehead atoms. The minimum atomic E-state index is -5.07. The van der Waals surface area contributed by atoms with E-state index in [1.165, 1.54) is 0 Å². The average Bonchev–Trinajstić information content (AvgIpc) is 3.29. The van der Waals surface area contributed by atoms with Gasteiger partial charge >= 0.3 is 12.1 Å². The molecule has 0 spiro atoms. The van der Waals surface area contributed by atoms with Crippen LogP contribution in [0, 0.1) is 11.8 Å². The highest BCUT2D eigenvalue weighted by Gasteiger charge is 2.46. The molecule has 2 atom stereocenters. The number of hydrogen-bond donors (Lipinski definition) is 1. The highest BCUT2D eigenvalue weighted by Crippen LogP contribution is 2.32. The number of halogens is 3. The summed E-state index contributed by atoms with van der Waals surface area (Å²) in [5.41, 5.74) is 0. The number of carbonyl (C=O) groups is 1. The molecule has 2 aliphatic rings. The Hall–Kier alpha value is -0.910. The van der Waals surface area contributed by atoms with Gasteiger partial charge in [0, 0.05) is 6.61 Å². The van der Waals surface area contributed by atoms with Gasteiger partial charge in [-0.25, -0.2) is 0 Å². The smallest absolute Gasteiger partial charge is 0.426 e. The highest BCUT2D eigenvalue weighted by atomic mass is 32.2. The molecular weight excluding hydrogens is 369 g/mol. The molecule has 2 rings (SSSR count). The topological polar surface area (TPSA) is 102 Å². The summed E-state index contributed by atoms with van der Waals surface area (Å²) in [4.78, 5) is 11.9. The summed E-state index contributed by atoms with van der Waals surface area (Å²) in [7, 11) is -4.93. The van der Waals surface area contributed by atoms with Crippen molar-refractivity contribution in [1.82, 2.24) is 0 Å². The van der Waals surface area contributed by atoms with E-state index >= 15 is 0 Å². The van der Waals surface area contributed by atoms with Gasteiger partial charge in [-0.1, -0.05) is 0 Å². The van der Waals surface area contributed by atoms with Crippen LogP contribution in [0.5, 0.6) is 0 Å².